The van der Waals surface area contributed by atoms with Gasteiger partial charge in [0.25, 0.3) is 0 Å². The molecule has 8 rings (SSSR count). The summed E-state index contributed by atoms with van der Waals surface area (Å²) >= 11 is -3.38. The van der Waals surface area contributed by atoms with Crippen LogP contribution >= 0.6 is 0 Å². The maximum atomic E-state index is 15.2. The van der Waals surface area contributed by atoms with Gasteiger partial charge in [0.2, 0.25) is 0 Å². The summed E-state index contributed by atoms with van der Waals surface area (Å²) in [5, 5.41) is 0. The van der Waals surface area contributed by atoms with Crippen molar-refractivity contribution in [3.8, 4) is 21.5 Å². The van der Waals surface area contributed by atoms with Crippen molar-refractivity contribution in [1.29, 1.82) is 0 Å². The van der Waals surface area contributed by atoms with Crippen molar-refractivity contribution in [1.82, 2.24) is 14.5 Å². The van der Waals surface area contributed by atoms with Gasteiger partial charge >= 0.3 is 225 Å². The summed E-state index contributed by atoms with van der Waals surface area (Å²) in [5.74, 6) is 1.11. The average molecular weight is 632 g/mol. The number of terminal acetylenes is 1. The van der Waals surface area contributed by atoms with Gasteiger partial charge < -0.3 is 0 Å². The van der Waals surface area contributed by atoms with Gasteiger partial charge in [-0.25, -0.2) is 0 Å². The van der Waals surface area contributed by atoms with E-state index in [9.17, 15) is 4.79 Å². The molecule has 0 spiro atoms. The molecule has 2 aromatic carbocycles. The fourth-order valence-electron chi connectivity index (χ4n) is 6.96. The predicted molar refractivity (Wildman–Crippen MR) is 146 cm³/mol. The van der Waals surface area contributed by atoms with Crippen LogP contribution in [0, 0.1) is 16.2 Å². The Balaban J connectivity index is 1.32. The van der Waals surface area contributed by atoms with Crippen molar-refractivity contribution in [2.75, 3.05) is 4.93 Å². The number of benzene rings is 2. The van der Waals surface area contributed by atoms with Crippen LogP contribution in [0.15, 0.2) is 48.7 Å². The molecule has 198 valence electrons. The molecule has 4 heterocycles. The van der Waals surface area contributed by atoms with Gasteiger partial charge in [-0.05, 0) is 6.42 Å². The molecular weight excluding hydrogens is 602 g/mol. The first-order chi connectivity index (χ1) is 18.8. The first-order valence-electron chi connectivity index (χ1n) is 13.6. The fraction of sp³-hybridized carbons (Fsp3) is 0.344. The third-order valence-corrected chi connectivity index (χ3v) is 17.4. The Hall–Kier alpha value is -3.09. The fourth-order valence-corrected chi connectivity index (χ4v) is 13.1. The third kappa shape index (κ3) is 3.19. The number of nitrogens with two attached hydrogens (primary N) is 1. The van der Waals surface area contributed by atoms with Crippen LogP contribution in [0.3, 0.4) is 0 Å². The van der Waals surface area contributed by atoms with Crippen LogP contribution in [0.25, 0.3) is 22.2 Å². The Kier molecular flexibility index (Phi) is 4.87. The van der Waals surface area contributed by atoms with Crippen LogP contribution in [0.1, 0.15) is 87.4 Å². The molecule has 0 amide bonds. The molecule has 2 aliphatic carbocycles. The Morgan fingerprint density at radius 3 is 2.69 bits per heavy atom. The molecule has 2 N–H and O–H groups in total. The van der Waals surface area contributed by atoms with E-state index in [-0.39, 0.29) is 19.6 Å². The van der Waals surface area contributed by atoms with E-state index in [0.29, 0.717) is 11.6 Å². The van der Waals surface area contributed by atoms with Crippen LogP contribution < -0.4 is 24.2 Å². The number of carbonyl (C=O) groups is 1. The summed E-state index contributed by atoms with van der Waals surface area (Å²) in [6.45, 7) is 0. The van der Waals surface area contributed by atoms with Crippen LogP contribution in [0.5, 0.6) is 0 Å². The first-order valence-corrected chi connectivity index (χ1v) is 19.2. The van der Waals surface area contributed by atoms with Gasteiger partial charge in [-0.15, -0.1) is 0 Å². The number of hydrogen-bond acceptors (Lipinski definition) is 4. The van der Waals surface area contributed by atoms with Crippen LogP contribution in [-0.4, -0.2) is 23.3 Å². The van der Waals surface area contributed by atoms with Gasteiger partial charge in [-0.3, -0.25) is 0 Å². The quantitative estimate of drug-likeness (QED) is 0.164. The Morgan fingerprint density at radius 2 is 2.00 bits per heavy atom. The molecule has 0 saturated heterocycles. The normalized spacial score (nSPS) is 28.1. The zero-order valence-corrected chi connectivity index (χ0v) is 23.9. The number of alkyl halides is 2. The molecule has 2 aliphatic heterocycles. The van der Waals surface area contributed by atoms with Crippen molar-refractivity contribution in [3.05, 3.63) is 82.7 Å². The van der Waals surface area contributed by atoms with Gasteiger partial charge in [0.05, 0.1) is 0 Å². The Bertz CT molecular complexity index is 1780. The van der Waals surface area contributed by atoms with Crippen molar-refractivity contribution in [2.45, 2.75) is 59.9 Å². The van der Waals surface area contributed by atoms with E-state index in [0.717, 1.165) is 77.6 Å². The molecule has 4 aromatic rings. The Labute approximate surface area is 230 Å². The molecule has 0 radical (unpaired) electrons. The summed E-state index contributed by atoms with van der Waals surface area (Å²) in [4.78, 5) is 25.7. The SMILES string of the molecule is C#C[I-]1(C)C(=O)c2cccc(C3CC3)c2[C@H]2C[C@@H]1c1nc3ccc(-c4cnc(C5(N)CCC5)c(F)c4)cc3n12. The van der Waals surface area contributed by atoms with E-state index in [1.807, 2.05) is 24.3 Å². The van der Waals surface area contributed by atoms with E-state index in [1.54, 1.807) is 12.3 Å². The second-order valence-electron chi connectivity index (χ2n) is 11.7. The molecule has 2 fully saturated rings. The number of nitrogens with zero attached hydrogens (tertiary/aromatic N) is 3. The van der Waals surface area contributed by atoms with Gasteiger partial charge in [0.15, 0.2) is 0 Å². The van der Waals surface area contributed by atoms with Gasteiger partial charge in [0.1, 0.15) is 0 Å². The number of rotatable bonds is 3. The Morgan fingerprint density at radius 1 is 1.18 bits per heavy atom. The number of pyridine rings is 1. The average Bonchev–Trinajstić information content (AvgIpc) is 3.63. The standard InChI is InChI=1S/C32H29FIN4O/c1-3-34(2)24-16-27(28-21(18-8-9-18)6-4-7-22(28)30(34)39)38-26-15-19(10-11-25(26)37-31(24)38)20-14-23(33)29(36-17-20)32(35)12-5-13-32/h1,4,6-7,10-11,14-15,17-18,24,27H,5,8-9,12-13,16,35H2,2H3/q-1/t24-,27-/m1/s1. The molecular formula is C32H29FIN4O-. The van der Waals surface area contributed by atoms with Gasteiger partial charge in [-0.1, -0.05) is 0 Å². The number of fused-ring (bicyclic) bond motifs is 9. The summed E-state index contributed by atoms with van der Waals surface area (Å²) in [6, 6.07) is 13.9. The number of halogens is 2. The predicted octanol–water partition coefficient (Wildman–Crippen LogP) is 3.02. The van der Waals surface area contributed by atoms with E-state index in [1.165, 1.54) is 5.56 Å². The summed E-state index contributed by atoms with van der Waals surface area (Å²) in [7, 11) is 0. The minimum atomic E-state index is -3.38. The molecule has 3 atom stereocenters. The van der Waals surface area contributed by atoms with Crippen LogP contribution in [-0.2, 0) is 5.54 Å². The second kappa shape index (κ2) is 7.98. The number of aromatic nitrogens is 3. The zero-order valence-electron chi connectivity index (χ0n) is 21.8. The van der Waals surface area contributed by atoms with Crippen LogP contribution in [0.4, 0.5) is 4.39 Å². The molecule has 7 heteroatoms. The third-order valence-electron chi connectivity index (χ3n) is 9.44. The maximum absolute atomic E-state index is 15.2. The number of hydrogen-bond donors (Lipinski definition) is 1. The van der Waals surface area contributed by atoms with E-state index in [2.05, 4.69) is 30.5 Å². The molecule has 2 bridgehead atoms. The minimum absolute atomic E-state index is 0.00341. The van der Waals surface area contributed by atoms with Gasteiger partial charge in [-0.2, -0.15) is 0 Å². The molecule has 1 unspecified atom stereocenters. The molecule has 39 heavy (non-hydrogen) atoms. The molecule has 4 aliphatic rings. The topological polar surface area (TPSA) is 73.8 Å². The summed E-state index contributed by atoms with van der Waals surface area (Å²) in [5.41, 5.74) is 12.9. The number of carbonyl (C=O) groups excluding carboxylic acids is 1. The first kappa shape index (κ1) is 23.8. The molecule has 2 aromatic heterocycles. The van der Waals surface area contributed by atoms with Crippen molar-refractivity contribution in [2.24, 2.45) is 5.73 Å². The second-order valence-corrected chi connectivity index (χ2v) is 20.0. The number of imidazole rings is 1. The summed E-state index contributed by atoms with van der Waals surface area (Å²) < 4.78 is 20.8. The van der Waals surface area contributed by atoms with E-state index >= 15 is 4.39 Å². The van der Waals surface area contributed by atoms with Crippen LogP contribution in [0.2, 0.25) is 0 Å². The van der Waals surface area contributed by atoms with E-state index in [4.69, 9.17) is 17.1 Å². The molecule has 2 saturated carbocycles. The van der Waals surface area contributed by atoms with Crippen molar-refractivity contribution in [3.63, 3.8) is 0 Å². The van der Waals surface area contributed by atoms with E-state index < -0.39 is 24.0 Å². The monoisotopic (exact) mass is 631 g/mol. The van der Waals surface area contributed by atoms with Crippen molar-refractivity contribution < 1.29 is 27.6 Å². The summed E-state index contributed by atoms with van der Waals surface area (Å²) in [6.07, 6.45) is 13.6. The zero-order chi connectivity index (χ0) is 26.7. The van der Waals surface area contributed by atoms with Gasteiger partial charge in [0, 0.05) is 0 Å². The molecule has 5 nitrogen and oxygen atoms in total. The van der Waals surface area contributed by atoms with Crippen molar-refractivity contribution >= 4 is 14.8 Å².